The molecule has 4 heteroatoms. The van der Waals surface area contributed by atoms with Crippen LogP contribution < -0.4 is 9.80 Å². The molecule has 0 saturated heterocycles. The molecule has 0 radical (unpaired) electrons. The topological polar surface area (TPSA) is 40.6 Å². The standard InChI is InChI=1S/C23H26N2O2/c1-3-22(26)24-16(2)15-21(19-11-7-8-12-20(19)24)25(23(27)17-13-14-17)18-9-5-4-6-10-18/h4-12,16-17,21H,3,13-15H2,1-2H3/t16-,21+/m0/s1. The highest BCUT2D eigenvalue weighted by molar-refractivity contribution is 5.99. The summed E-state index contributed by atoms with van der Waals surface area (Å²) in [6, 6.07) is 18.0. The predicted octanol–water partition coefficient (Wildman–Crippen LogP) is 4.71. The smallest absolute Gasteiger partial charge is 0.230 e. The van der Waals surface area contributed by atoms with E-state index in [1.165, 1.54) is 0 Å². The highest BCUT2D eigenvalue weighted by Crippen LogP contribution is 2.44. The fourth-order valence-corrected chi connectivity index (χ4v) is 4.15. The van der Waals surface area contributed by atoms with Crippen molar-refractivity contribution in [1.82, 2.24) is 0 Å². The van der Waals surface area contributed by atoms with Gasteiger partial charge in [-0.3, -0.25) is 9.59 Å². The Kier molecular flexibility index (Phi) is 4.73. The molecule has 0 N–H and O–H groups in total. The van der Waals surface area contributed by atoms with Gasteiger partial charge in [0.15, 0.2) is 0 Å². The molecule has 1 fully saturated rings. The molecule has 1 saturated carbocycles. The molecule has 1 aliphatic carbocycles. The average molecular weight is 362 g/mol. The van der Waals surface area contributed by atoms with Crippen LogP contribution >= 0.6 is 0 Å². The molecule has 2 amide bonds. The van der Waals surface area contributed by atoms with Crippen LogP contribution in [0.5, 0.6) is 0 Å². The Hall–Kier alpha value is -2.62. The van der Waals surface area contributed by atoms with Crippen molar-refractivity contribution in [2.45, 2.75) is 51.6 Å². The maximum atomic E-state index is 13.2. The van der Waals surface area contributed by atoms with Crippen LogP contribution in [0.4, 0.5) is 11.4 Å². The van der Waals surface area contributed by atoms with Gasteiger partial charge < -0.3 is 9.80 Å². The van der Waals surface area contributed by atoms with Crippen molar-refractivity contribution in [3.05, 3.63) is 60.2 Å². The molecular formula is C23H26N2O2. The Morgan fingerprint density at radius 3 is 2.37 bits per heavy atom. The molecule has 2 atom stereocenters. The summed E-state index contributed by atoms with van der Waals surface area (Å²) in [5, 5.41) is 0. The number of amides is 2. The number of nitrogens with zero attached hydrogens (tertiary/aromatic N) is 2. The summed E-state index contributed by atoms with van der Waals surface area (Å²) in [7, 11) is 0. The van der Waals surface area contributed by atoms with Crippen molar-refractivity contribution in [3.8, 4) is 0 Å². The summed E-state index contributed by atoms with van der Waals surface area (Å²) in [6.45, 7) is 3.98. The van der Waals surface area contributed by atoms with Crippen molar-refractivity contribution < 1.29 is 9.59 Å². The van der Waals surface area contributed by atoms with Gasteiger partial charge in [0.25, 0.3) is 0 Å². The second-order valence-corrected chi connectivity index (χ2v) is 7.59. The lowest BCUT2D eigenvalue weighted by Crippen LogP contribution is -2.48. The van der Waals surface area contributed by atoms with Crippen molar-refractivity contribution in [2.75, 3.05) is 9.80 Å². The fraction of sp³-hybridized carbons (Fsp3) is 0.391. The lowest BCUT2D eigenvalue weighted by molar-refractivity contribution is -0.120. The first-order valence-corrected chi connectivity index (χ1v) is 9.91. The minimum atomic E-state index is -0.0485. The Morgan fingerprint density at radius 1 is 1.04 bits per heavy atom. The SMILES string of the molecule is CCC(=O)N1c2ccccc2[C@H](N(C(=O)C2CC2)c2ccccc2)C[C@@H]1C. The molecule has 0 unspecified atom stereocenters. The van der Waals surface area contributed by atoms with E-state index in [2.05, 4.69) is 13.0 Å². The van der Waals surface area contributed by atoms with Gasteiger partial charge in [-0.2, -0.15) is 0 Å². The molecule has 1 heterocycles. The summed E-state index contributed by atoms with van der Waals surface area (Å²) >= 11 is 0. The first kappa shape index (κ1) is 17.8. The number of fused-ring (bicyclic) bond motifs is 1. The highest BCUT2D eigenvalue weighted by Gasteiger charge is 2.42. The zero-order chi connectivity index (χ0) is 19.0. The largest absolute Gasteiger partial charge is 0.309 e. The molecule has 0 aromatic heterocycles. The van der Waals surface area contributed by atoms with Gasteiger partial charge in [0.2, 0.25) is 11.8 Å². The number of carbonyl (C=O) groups is 2. The van der Waals surface area contributed by atoms with E-state index in [9.17, 15) is 9.59 Å². The van der Waals surface area contributed by atoms with Crippen LogP contribution in [-0.4, -0.2) is 17.9 Å². The molecule has 2 aromatic carbocycles. The third-order valence-electron chi connectivity index (χ3n) is 5.64. The number of carbonyl (C=O) groups excluding carboxylic acids is 2. The van der Waals surface area contributed by atoms with Crippen LogP contribution in [0.3, 0.4) is 0 Å². The summed E-state index contributed by atoms with van der Waals surface area (Å²) < 4.78 is 0. The number of hydrogen-bond donors (Lipinski definition) is 0. The van der Waals surface area contributed by atoms with Crippen molar-refractivity contribution in [1.29, 1.82) is 0 Å². The van der Waals surface area contributed by atoms with Crippen molar-refractivity contribution in [2.24, 2.45) is 5.92 Å². The molecule has 4 rings (SSSR count). The summed E-state index contributed by atoms with van der Waals surface area (Å²) in [4.78, 5) is 29.7. The monoisotopic (exact) mass is 362 g/mol. The Morgan fingerprint density at radius 2 is 1.70 bits per heavy atom. The lowest BCUT2D eigenvalue weighted by Gasteiger charge is -2.43. The molecule has 0 spiro atoms. The summed E-state index contributed by atoms with van der Waals surface area (Å²) in [5.74, 6) is 0.486. The van der Waals surface area contributed by atoms with Crippen LogP contribution in [0.1, 0.15) is 51.1 Å². The highest BCUT2D eigenvalue weighted by atomic mass is 16.2. The average Bonchev–Trinajstić information content (AvgIpc) is 3.54. The maximum absolute atomic E-state index is 13.2. The van der Waals surface area contributed by atoms with Gasteiger partial charge in [0, 0.05) is 29.8 Å². The molecule has 2 aromatic rings. The second-order valence-electron chi connectivity index (χ2n) is 7.59. The Bertz CT molecular complexity index is 844. The van der Waals surface area contributed by atoms with Crippen molar-refractivity contribution in [3.63, 3.8) is 0 Å². The van der Waals surface area contributed by atoms with Gasteiger partial charge in [-0.25, -0.2) is 0 Å². The van der Waals surface area contributed by atoms with Gasteiger partial charge >= 0.3 is 0 Å². The van der Waals surface area contributed by atoms with E-state index in [4.69, 9.17) is 0 Å². The van der Waals surface area contributed by atoms with Crippen molar-refractivity contribution >= 4 is 23.2 Å². The third-order valence-corrected chi connectivity index (χ3v) is 5.64. The zero-order valence-corrected chi connectivity index (χ0v) is 16.0. The lowest BCUT2D eigenvalue weighted by atomic mass is 9.89. The van der Waals surface area contributed by atoms with Crippen LogP contribution in [0.25, 0.3) is 0 Å². The quantitative estimate of drug-likeness (QED) is 0.790. The van der Waals surface area contributed by atoms with E-state index >= 15 is 0 Å². The minimum Gasteiger partial charge on any atom is -0.309 e. The molecule has 0 bridgehead atoms. The molecule has 4 nitrogen and oxygen atoms in total. The minimum absolute atomic E-state index is 0.0485. The van der Waals surface area contributed by atoms with Gasteiger partial charge in [-0.1, -0.05) is 43.3 Å². The molecule has 140 valence electrons. The van der Waals surface area contributed by atoms with Gasteiger partial charge in [-0.15, -0.1) is 0 Å². The normalized spacial score (nSPS) is 21.5. The predicted molar refractivity (Wildman–Crippen MR) is 108 cm³/mol. The molecular weight excluding hydrogens is 336 g/mol. The fourth-order valence-electron chi connectivity index (χ4n) is 4.15. The Labute approximate surface area is 160 Å². The van der Waals surface area contributed by atoms with E-state index in [-0.39, 0.29) is 29.8 Å². The van der Waals surface area contributed by atoms with E-state index < -0.39 is 0 Å². The number of para-hydroxylation sites is 2. The van der Waals surface area contributed by atoms with Gasteiger partial charge in [0.05, 0.1) is 6.04 Å². The van der Waals surface area contributed by atoms with Gasteiger partial charge in [0.1, 0.15) is 0 Å². The third kappa shape index (κ3) is 3.25. The molecule has 1 aliphatic heterocycles. The maximum Gasteiger partial charge on any atom is 0.230 e. The van der Waals surface area contributed by atoms with E-state index in [1.54, 1.807) is 0 Å². The molecule has 2 aliphatic rings. The number of anilines is 2. The van der Waals surface area contributed by atoms with Gasteiger partial charge in [-0.05, 0) is 49.9 Å². The first-order chi connectivity index (χ1) is 13.1. The van der Waals surface area contributed by atoms with Crippen LogP contribution in [0.2, 0.25) is 0 Å². The van der Waals surface area contributed by atoms with E-state index in [0.29, 0.717) is 6.42 Å². The zero-order valence-electron chi connectivity index (χ0n) is 16.0. The summed E-state index contributed by atoms with van der Waals surface area (Å²) in [5.41, 5.74) is 2.95. The Balaban J connectivity index is 1.80. The second kappa shape index (κ2) is 7.18. The first-order valence-electron chi connectivity index (χ1n) is 9.91. The summed E-state index contributed by atoms with van der Waals surface area (Å²) in [6.07, 6.45) is 3.18. The van der Waals surface area contributed by atoms with Crippen LogP contribution in [0, 0.1) is 5.92 Å². The number of benzene rings is 2. The molecule has 27 heavy (non-hydrogen) atoms. The van der Waals surface area contributed by atoms with E-state index in [1.807, 2.05) is 65.3 Å². The van der Waals surface area contributed by atoms with E-state index in [0.717, 1.165) is 36.2 Å². The van der Waals surface area contributed by atoms with Crippen LogP contribution in [-0.2, 0) is 9.59 Å². The number of hydrogen-bond acceptors (Lipinski definition) is 2. The number of rotatable bonds is 4. The van der Waals surface area contributed by atoms with Crippen LogP contribution in [0.15, 0.2) is 54.6 Å².